The first-order chi connectivity index (χ1) is 11.2. The molecule has 0 saturated carbocycles. The van der Waals surface area contributed by atoms with Crippen LogP contribution >= 0.6 is 12.2 Å². The second kappa shape index (κ2) is 9.06. The van der Waals surface area contributed by atoms with E-state index in [0.717, 1.165) is 17.5 Å². The number of carbonyl (C=O) groups excluding carboxylic acids is 1. The summed E-state index contributed by atoms with van der Waals surface area (Å²) in [6, 6.07) is 20.2. The van der Waals surface area contributed by atoms with Crippen LogP contribution < -0.4 is 10.6 Å². The lowest BCUT2D eigenvalue weighted by atomic mass is 10.1. The Kier molecular flexibility index (Phi) is 6.76. The normalized spacial score (nSPS) is 11.5. The molecule has 2 aromatic rings. The Morgan fingerprint density at radius 3 is 2.26 bits per heavy atom. The number of hydrogen-bond acceptors (Lipinski definition) is 2. The molecule has 0 saturated heterocycles. The van der Waals surface area contributed by atoms with Gasteiger partial charge in [0.15, 0.2) is 5.11 Å². The SMILES string of the molecule is CCC(NC(=S)NC(=O)CCc1ccccc1)c1ccccc1. The number of aryl methyl sites for hydroxylation is 1. The van der Waals surface area contributed by atoms with Crippen molar-refractivity contribution in [3.63, 3.8) is 0 Å². The number of hydrogen-bond donors (Lipinski definition) is 2. The molecule has 2 rings (SSSR count). The van der Waals surface area contributed by atoms with Crippen LogP contribution in [0.25, 0.3) is 0 Å². The molecule has 0 aliphatic rings. The van der Waals surface area contributed by atoms with Crippen LogP contribution in [0.15, 0.2) is 60.7 Å². The third-order valence-corrected chi connectivity index (χ3v) is 3.87. The van der Waals surface area contributed by atoms with Gasteiger partial charge in [0.05, 0.1) is 6.04 Å². The molecule has 2 N–H and O–H groups in total. The van der Waals surface area contributed by atoms with Crippen molar-refractivity contribution in [3.05, 3.63) is 71.8 Å². The Morgan fingerprint density at radius 2 is 1.65 bits per heavy atom. The summed E-state index contributed by atoms with van der Waals surface area (Å²) >= 11 is 5.26. The molecule has 0 spiro atoms. The van der Waals surface area contributed by atoms with Crippen molar-refractivity contribution >= 4 is 23.2 Å². The summed E-state index contributed by atoms with van der Waals surface area (Å²) in [4.78, 5) is 12.0. The van der Waals surface area contributed by atoms with Crippen molar-refractivity contribution in [2.24, 2.45) is 0 Å². The summed E-state index contributed by atoms with van der Waals surface area (Å²) in [5.74, 6) is -0.0609. The van der Waals surface area contributed by atoms with E-state index in [4.69, 9.17) is 12.2 Å². The van der Waals surface area contributed by atoms with E-state index in [-0.39, 0.29) is 11.9 Å². The van der Waals surface area contributed by atoms with Gasteiger partial charge in [0.2, 0.25) is 5.91 Å². The van der Waals surface area contributed by atoms with Gasteiger partial charge in [-0.15, -0.1) is 0 Å². The lowest BCUT2D eigenvalue weighted by molar-refractivity contribution is -0.119. The third-order valence-electron chi connectivity index (χ3n) is 3.65. The quantitative estimate of drug-likeness (QED) is 0.794. The molecule has 120 valence electrons. The van der Waals surface area contributed by atoms with Crippen LogP contribution in [0.3, 0.4) is 0 Å². The maximum Gasteiger partial charge on any atom is 0.226 e. The third kappa shape index (κ3) is 5.83. The molecule has 0 bridgehead atoms. The number of benzene rings is 2. The highest BCUT2D eigenvalue weighted by Crippen LogP contribution is 2.15. The minimum absolute atomic E-state index is 0.0609. The van der Waals surface area contributed by atoms with Crippen molar-refractivity contribution in [2.75, 3.05) is 0 Å². The van der Waals surface area contributed by atoms with Gasteiger partial charge >= 0.3 is 0 Å². The summed E-state index contributed by atoms with van der Waals surface area (Å²) in [7, 11) is 0. The average molecular weight is 326 g/mol. The molecule has 0 aliphatic carbocycles. The Bertz CT molecular complexity index is 628. The lowest BCUT2D eigenvalue weighted by Crippen LogP contribution is -2.41. The van der Waals surface area contributed by atoms with E-state index in [9.17, 15) is 4.79 Å². The van der Waals surface area contributed by atoms with Crippen LogP contribution in [0.1, 0.15) is 36.9 Å². The highest BCUT2D eigenvalue weighted by atomic mass is 32.1. The van der Waals surface area contributed by atoms with E-state index in [1.807, 2.05) is 48.5 Å². The highest BCUT2D eigenvalue weighted by molar-refractivity contribution is 7.80. The van der Waals surface area contributed by atoms with Gasteiger partial charge in [0.1, 0.15) is 0 Å². The summed E-state index contributed by atoms with van der Waals surface area (Å²) in [5, 5.41) is 6.37. The van der Waals surface area contributed by atoms with Crippen molar-refractivity contribution in [3.8, 4) is 0 Å². The van der Waals surface area contributed by atoms with Crippen LogP contribution in [0.4, 0.5) is 0 Å². The second-order valence-electron chi connectivity index (χ2n) is 5.38. The van der Waals surface area contributed by atoms with Crippen molar-refractivity contribution in [1.29, 1.82) is 0 Å². The van der Waals surface area contributed by atoms with Gasteiger partial charge in [-0.25, -0.2) is 0 Å². The second-order valence-corrected chi connectivity index (χ2v) is 5.79. The zero-order valence-corrected chi connectivity index (χ0v) is 14.1. The summed E-state index contributed by atoms with van der Waals surface area (Å²) in [6.07, 6.45) is 2.03. The van der Waals surface area contributed by atoms with Gasteiger partial charge in [-0.2, -0.15) is 0 Å². The highest BCUT2D eigenvalue weighted by Gasteiger charge is 2.11. The smallest absolute Gasteiger partial charge is 0.226 e. The number of carbonyl (C=O) groups is 1. The monoisotopic (exact) mass is 326 g/mol. The average Bonchev–Trinajstić information content (AvgIpc) is 2.59. The first-order valence-electron chi connectivity index (χ1n) is 7.88. The Balaban J connectivity index is 1.80. The molecule has 1 unspecified atom stereocenters. The Morgan fingerprint density at radius 1 is 1.04 bits per heavy atom. The van der Waals surface area contributed by atoms with Crippen LogP contribution in [0, 0.1) is 0 Å². The molecule has 0 radical (unpaired) electrons. The minimum atomic E-state index is -0.0609. The fourth-order valence-corrected chi connectivity index (χ4v) is 2.65. The summed E-state index contributed by atoms with van der Waals surface area (Å²) in [6.45, 7) is 2.09. The summed E-state index contributed by atoms with van der Waals surface area (Å²) in [5.41, 5.74) is 2.31. The molecule has 3 nitrogen and oxygen atoms in total. The van der Waals surface area contributed by atoms with Crippen molar-refractivity contribution in [1.82, 2.24) is 10.6 Å². The van der Waals surface area contributed by atoms with Gasteiger partial charge in [-0.3, -0.25) is 4.79 Å². The molecule has 0 aromatic heterocycles. The van der Waals surface area contributed by atoms with Crippen LogP contribution in [-0.2, 0) is 11.2 Å². The molecule has 4 heteroatoms. The number of nitrogens with one attached hydrogen (secondary N) is 2. The molecule has 0 aliphatic heterocycles. The van der Waals surface area contributed by atoms with E-state index in [1.54, 1.807) is 0 Å². The zero-order valence-electron chi connectivity index (χ0n) is 13.3. The molecule has 1 atom stereocenters. The molecule has 23 heavy (non-hydrogen) atoms. The maximum atomic E-state index is 12.0. The largest absolute Gasteiger partial charge is 0.356 e. The molecule has 0 fully saturated rings. The number of amides is 1. The van der Waals surface area contributed by atoms with Gasteiger partial charge in [0, 0.05) is 6.42 Å². The molecule has 2 aromatic carbocycles. The van der Waals surface area contributed by atoms with Crippen LogP contribution in [0.5, 0.6) is 0 Å². The zero-order chi connectivity index (χ0) is 16.5. The van der Waals surface area contributed by atoms with E-state index < -0.39 is 0 Å². The maximum absolute atomic E-state index is 12.0. The van der Waals surface area contributed by atoms with E-state index >= 15 is 0 Å². The number of thiocarbonyl (C=S) groups is 1. The first-order valence-corrected chi connectivity index (χ1v) is 8.29. The lowest BCUT2D eigenvalue weighted by Gasteiger charge is -2.19. The van der Waals surface area contributed by atoms with Crippen molar-refractivity contribution < 1.29 is 4.79 Å². The fraction of sp³-hybridized carbons (Fsp3) is 0.263. The van der Waals surface area contributed by atoms with Crippen LogP contribution in [-0.4, -0.2) is 11.0 Å². The van der Waals surface area contributed by atoms with Gasteiger partial charge in [-0.05, 0) is 36.2 Å². The van der Waals surface area contributed by atoms with Crippen molar-refractivity contribution in [2.45, 2.75) is 32.2 Å². The van der Waals surface area contributed by atoms with Gasteiger partial charge < -0.3 is 10.6 Å². The van der Waals surface area contributed by atoms with E-state index in [0.29, 0.717) is 18.0 Å². The standard InChI is InChI=1S/C19H22N2OS/c1-2-17(16-11-7-4-8-12-16)20-19(23)21-18(22)14-13-15-9-5-3-6-10-15/h3-12,17H,2,13-14H2,1H3,(H2,20,21,22,23). The topological polar surface area (TPSA) is 41.1 Å². The summed E-state index contributed by atoms with van der Waals surface area (Å²) < 4.78 is 0. The molecule has 1 amide bonds. The van der Waals surface area contributed by atoms with E-state index in [1.165, 1.54) is 0 Å². The minimum Gasteiger partial charge on any atom is -0.356 e. The molecule has 0 heterocycles. The Labute approximate surface area is 143 Å². The predicted molar refractivity (Wildman–Crippen MR) is 98.1 cm³/mol. The van der Waals surface area contributed by atoms with Crippen LogP contribution in [0.2, 0.25) is 0 Å². The van der Waals surface area contributed by atoms with Gasteiger partial charge in [0.25, 0.3) is 0 Å². The first kappa shape index (κ1) is 17.2. The fourth-order valence-electron chi connectivity index (χ4n) is 2.39. The van der Waals surface area contributed by atoms with Gasteiger partial charge in [-0.1, -0.05) is 67.6 Å². The molecular weight excluding hydrogens is 304 g/mol. The molecular formula is C19H22N2OS. The Hall–Kier alpha value is -2.20. The number of rotatable bonds is 6. The predicted octanol–water partition coefficient (Wildman–Crippen LogP) is 3.76. The van der Waals surface area contributed by atoms with E-state index in [2.05, 4.69) is 29.7 Å².